The number of aromatic amines is 1. The molecule has 1 N–H and O–H groups in total. The Bertz CT molecular complexity index is 811. The smallest absolute Gasteiger partial charge is 0.357 e. The van der Waals surface area contributed by atoms with Crippen molar-refractivity contribution in [1.29, 1.82) is 0 Å². The molecule has 0 amide bonds. The molecule has 0 saturated carbocycles. The monoisotopic (exact) mass is 326 g/mol. The van der Waals surface area contributed by atoms with Gasteiger partial charge in [-0.1, -0.05) is 41.9 Å². The maximum Gasteiger partial charge on any atom is 0.357 e. The van der Waals surface area contributed by atoms with E-state index in [0.717, 1.165) is 11.1 Å². The van der Waals surface area contributed by atoms with Crippen LogP contribution in [0.25, 0.3) is 22.6 Å². The molecule has 4 nitrogen and oxygen atoms in total. The summed E-state index contributed by atoms with van der Waals surface area (Å²) >= 11 is 5.92. The first-order chi connectivity index (χ1) is 11.2. The van der Waals surface area contributed by atoms with E-state index in [-0.39, 0.29) is 0 Å². The summed E-state index contributed by atoms with van der Waals surface area (Å²) in [6.07, 6.45) is 0. The van der Waals surface area contributed by atoms with Crippen molar-refractivity contribution in [2.45, 2.75) is 6.92 Å². The number of benzene rings is 2. The normalized spacial score (nSPS) is 10.5. The molecular weight excluding hydrogens is 312 g/mol. The van der Waals surface area contributed by atoms with Crippen LogP contribution in [0, 0.1) is 0 Å². The highest BCUT2D eigenvalue weighted by molar-refractivity contribution is 6.30. The van der Waals surface area contributed by atoms with Gasteiger partial charge in [0.25, 0.3) is 0 Å². The summed E-state index contributed by atoms with van der Waals surface area (Å²) in [5.74, 6) is 0.183. The molecule has 0 atom stereocenters. The van der Waals surface area contributed by atoms with E-state index in [1.165, 1.54) is 0 Å². The van der Waals surface area contributed by atoms with Crippen molar-refractivity contribution in [3.8, 4) is 22.6 Å². The minimum atomic E-state index is -0.418. The van der Waals surface area contributed by atoms with Gasteiger partial charge in [-0.3, -0.25) is 0 Å². The summed E-state index contributed by atoms with van der Waals surface area (Å²) in [7, 11) is 0. The Morgan fingerprint density at radius 2 is 1.78 bits per heavy atom. The largest absolute Gasteiger partial charge is 0.461 e. The Morgan fingerprint density at radius 3 is 2.43 bits per heavy atom. The molecule has 116 valence electrons. The van der Waals surface area contributed by atoms with Crippen LogP contribution in [0.3, 0.4) is 0 Å². The minimum absolute atomic E-state index is 0.308. The van der Waals surface area contributed by atoms with Gasteiger partial charge >= 0.3 is 5.97 Å². The first-order valence-corrected chi connectivity index (χ1v) is 7.65. The number of imidazole rings is 1. The van der Waals surface area contributed by atoms with Gasteiger partial charge in [0.2, 0.25) is 0 Å². The standard InChI is InChI=1S/C18H15ClN2O2/c1-2-23-18(22)16-15(12-6-4-3-5-7-12)20-17(21-16)13-8-10-14(19)11-9-13/h3-11H,2H2,1H3,(H,20,21). The van der Waals surface area contributed by atoms with Crippen LogP contribution in [0.4, 0.5) is 0 Å². The fraction of sp³-hybridized carbons (Fsp3) is 0.111. The zero-order valence-corrected chi connectivity index (χ0v) is 13.3. The lowest BCUT2D eigenvalue weighted by Crippen LogP contribution is -2.06. The Morgan fingerprint density at radius 1 is 1.09 bits per heavy atom. The lowest BCUT2D eigenvalue weighted by molar-refractivity contribution is 0.0521. The molecule has 3 rings (SSSR count). The predicted molar refractivity (Wildman–Crippen MR) is 90.4 cm³/mol. The summed E-state index contributed by atoms with van der Waals surface area (Å²) < 4.78 is 5.13. The van der Waals surface area contributed by atoms with E-state index in [9.17, 15) is 4.79 Å². The fourth-order valence-electron chi connectivity index (χ4n) is 2.27. The molecule has 0 aliphatic rings. The van der Waals surface area contributed by atoms with Crippen LogP contribution >= 0.6 is 11.6 Å². The second kappa shape index (κ2) is 6.67. The minimum Gasteiger partial charge on any atom is -0.461 e. The molecule has 0 bridgehead atoms. The Balaban J connectivity index is 2.10. The molecular formula is C18H15ClN2O2. The summed E-state index contributed by atoms with van der Waals surface area (Å²) in [6.45, 7) is 2.08. The Kier molecular flexibility index (Phi) is 4.44. The molecule has 0 radical (unpaired) electrons. The van der Waals surface area contributed by atoms with Crippen molar-refractivity contribution < 1.29 is 9.53 Å². The Labute approximate surface area is 139 Å². The highest BCUT2D eigenvalue weighted by Gasteiger charge is 2.20. The molecule has 0 aliphatic carbocycles. The molecule has 0 unspecified atom stereocenters. The zero-order valence-electron chi connectivity index (χ0n) is 12.5. The molecule has 0 spiro atoms. The second-order valence-electron chi connectivity index (χ2n) is 4.90. The van der Waals surface area contributed by atoms with E-state index in [1.54, 1.807) is 19.1 Å². The number of ether oxygens (including phenoxy) is 1. The van der Waals surface area contributed by atoms with Gasteiger partial charge in [0, 0.05) is 16.1 Å². The third kappa shape index (κ3) is 3.27. The number of nitrogens with one attached hydrogen (secondary N) is 1. The number of hydrogen-bond acceptors (Lipinski definition) is 3. The number of nitrogens with zero attached hydrogens (tertiary/aromatic N) is 1. The van der Waals surface area contributed by atoms with Gasteiger partial charge in [0.05, 0.1) is 6.61 Å². The average molecular weight is 327 g/mol. The fourth-order valence-corrected chi connectivity index (χ4v) is 2.40. The first kappa shape index (κ1) is 15.3. The molecule has 2 aromatic carbocycles. The molecule has 3 aromatic rings. The molecule has 1 heterocycles. The van der Waals surface area contributed by atoms with Gasteiger partial charge in [0.1, 0.15) is 11.5 Å². The van der Waals surface area contributed by atoms with Crippen molar-refractivity contribution in [3.63, 3.8) is 0 Å². The summed E-state index contributed by atoms with van der Waals surface area (Å²) in [5, 5.41) is 0.647. The number of rotatable bonds is 4. The lowest BCUT2D eigenvalue weighted by Gasteiger charge is -2.02. The molecule has 23 heavy (non-hydrogen) atoms. The van der Waals surface area contributed by atoms with E-state index < -0.39 is 5.97 Å². The van der Waals surface area contributed by atoms with Crippen LogP contribution in [0.1, 0.15) is 17.4 Å². The van der Waals surface area contributed by atoms with Crippen molar-refractivity contribution >= 4 is 17.6 Å². The van der Waals surface area contributed by atoms with Crippen LogP contribution in [-0.2, 0) is 4.74 Å². The predicted octanol–water partition coefficient (Wildman–Crippen LogP) is 4.57. The topological polar surface area (TPSA) is 55.0 Å². The number of hydrogen-bond donors (Lipinski definition) is 1. The molecule has 0 saturated heterocycles. The maximum absolute atomic E-state index is 12.2. The third-order valence-electron chi connectivity index (χ3n) is 3.35. The zero-order chi connectivity index (χ0) is 16.2. The number of aromatic nitrogens is 2. The number of carbonyl (C=O) groups excluding carboxylic acids is 1. The Hall–Kier alpha value is -2.59. The van der Waals surface area contributed by atoms with E-state index in [4.69, 9.17) is 16.3 Å². The van der Waals surface area contributed by atoms with E-state index >= 15 is 0 Å². The second-order valence-corrected chi connectivity index (χ2v) is 5.34. The highest BCUT2D eigenvalue weighted by Crippen LogP contribution is 2.27. The van der Waals surface area contributed by atoms with Crippen LogP contribution in [0.15, 0.2) is 54.6 Å². The maximum atomic E-state index is 12.2. The van der Waals surface area contributed by atoms with Gasteiger partial charge in [-0.25, -0.2) is 9.78 Å². The lowest BCUT2D eigenvalue weighted by atomic mass is 10.1. The van der Waals surface area contributed by atoms with Gasteiger partial charge in [-0.2, -0.15) is 0 Å². The number of esters is 1. The van der Waals surface area contributed by atoms with Crippen LogP contribution in [-0.4, -0.2) is 22.5 Å². The average Bonchev–Trinajstić information content (AvgIpc) is 3.02. The van der Waals surface area contributed by atoms with Crippen molar-refractivity contribution in [3.05, 3.63) is 65.3 Å². The van der Waals surface area contributed by atoms with E-state index in [2.05, 4.69) is 9.97 Å². The van der Waals surface area contributed by atoms with E-state index in [1.807, 2.05) is 42.5 Å². The van der Waals surface area contributed by atoms with Crippen molar-refractivity contribution in [1.82, 2.24) is 9.97 Å². The van der Waals surface area contributed by atoms with Gasteiger partial charge in [-0.05, 0) is 31.2 Å². The molecule has 0 aliphatic heterocycles. The molecule has 0 fully saturated rings. The highest BCUT2D eigenvalue weighted by atomic mass is 35.5. The number of halogens is 1. The van der Waals surface area contributed by atoms with Gasteiger partial charge in [0.15, 0.2) is 5.69 Å². The SMILES string of the molecule is CCOC(=O)c1[nH]c(-c2ccc(Cl)cc2)nc1-c1ccccc1. The number of carbonyl (C=O) groups is 1. The van der Waals surface area contributed by atoms with Gasteiger partial charge < -0.3 is 9.72 Å². The quantitative estimate of drug-likeness (QED) is 0.714. The summed E-state index contributed by atoms with van der Waals surface area (Å²) in [5.41, 5.74) is 2.63. The van der Waals surface area contributed by atoms with Crippen molar-refractivity contribution in [2.24, 2.45) is 0 Å². The van der Waals surface area contributed by atoms with Crippen LogP contribution in [0.5, 0.6) is 0 Å². The van der Waals surface area contributed by atoms with E-state index in [0.29, 0.717) is 28.8 Å². The first-order valence-electron chi connectivity index (χ1n) is 7.27. The van der Waals surface area contributed by atoms with Crippen LogP contribution in [0.2, 0.25) is 5.02 Å². The van der Waals surface area contributed by atoms with Gasteiger partial charge in [-0.15, -0.1) is 0 Å². The molecule has 5 heteroatoms. The molecule has 1 aromatic heterocycles. The number of H-pyrrole nitrogens is 1. The van der Waals surface area contributed by atoms with Crippen LogP contribution < -0.4 is 0 Å². The third-order valence-corrected chi connectivity index (χ3v) is 3.60. The summed E-state index contributed by atoms with van der Waals surface area (Å²) in [6, 6.07) is 16.8. The summed E-state index contributed by atoms with van der Waals surface area (Å²) in [4.78, 5) is 19.9. The van der Waals surface area contributed by atoms with Crippen molar-refractivity contribution in [2.75, 3.05) is 6.61 Å².